The van der Waals surface area contributed by atoms with Crippen molar-refractivity contribution < 1.29 is 28.0 Å². The Bertz CT molecular complexity index is 2050. The van der Waals surface area contributed by atoms with E-state index in [9.17, 15) is 28.0 Å². The van der Waals surface area contributed by atoms with Crippen LogP contribution in [0.4, 0.5) is 8.78 Å². The minimum Gasteiger partial charge on any atom is -0.353 e. The maximum absolute atomic E-state index is 13.4. The molecule has 4 fully saturated rings. The summed E-state index contributed by atoms with van der Waals surface area (Å²) in [6.07, 6.45) is 17.4. The number of pyridine rings is 2. The van der Waals surface area contributed by atoms with Crippen molar-refractivity contribution in [2.45, 2.75) is 139 Å². The van der Waals surface area contributed by atoms with Crippen LogP contribution in [0.25, 0.3) is 22.5 Å². The molecule has 2 heterocycles. The highest BCUT2D eigenvalue weighted by Gasteiger charge is 2.32. The molecule has 8 atom stereocenters. The lowest BCUT2D eigenvalue weighted by Crippen LogP contribution is -2.47. The molecular weight excluding hydrogens is 815 g/mol. The number of aromatic nitrogens is 2. The number of halogens is 2. The van der Waals surface area contributed by atoms with Gasteiger partial charge in [0, 0.05) is 71.6 Å². The third-order valence-corrected chi connectivity index (χ3v) is 13.2. The molecular formula is C50H62F2N8O4. The largest absolute Gasteiger partial charge is 0.353 e. The highest BCUT2D eigenvalue weighted by molar-refractivity contribution is 5.95. The van der Waals surface area contributed by atoms with Crippen LogP contribution in [0.5, 0.6) is 0 Å². The van der Waals surface area contributed by atoms with Crippen LogP contribution >= 0.6 is 0 Å². The van der Waals surface area contributed by atoms with Crippen LogP contribution in [0.1, 0.15) is 123 Å². The highest BCUT2D eigenvalue weighted by atomic mass is 19.1. The monoisotopic (exact) mass is 876 g/mol. The van der Waals surface area contributed by atoms with Gasteiger partial charge in [-0.3, -0.25) is 29.1 Å². The topological polar surface area (TPSA) is 194 Å². The number of benzene rings is 2. The van der Waals surface area contributed by atoms with E-state index in [4.69, 9.17) is 11.5 Å². The first-order valence-electron chi connectivity index (χ1n) is 23.1. The van der Waals surface area contributed by atoms with Crippen molar-refractivity contribution in [2.75, 3.05) is 0 Å². The normalized spacial score (nSPS) is 25.7. The Hall–Kier alpha value is -5.60. The fourth-order valence-electron chi connectivity index (χ4n) is 9.70. The number of hydrogen-bond acceptors (Lipinski definition) is 8. The van der Waals surface area contributed by atoms with E-state index >= 15 is 0 Å². The molecule has 0 bridgehead atoms. The average molecular weight is 877 g/mol. The van der Waals surface area contributed by atoms with Crippen molar-refractivity contribution in [1.82, 2.24) is 31.2 Å². The van der Waals surface area contributed by atoms with Gasteiger partial charge in [0.1, 0.15) is 11.6 Å². The quantitative estimate of drug-likeness (QED) is 0.0969. The number of carbonyl (C=O) groups excluding carboxylic acids is 4. The summed E-state index contributed by atoms with van der Waals surface area (Å²) in [6, 6.07) is 19.8. The van der Waals surface area contributed by atoms with Crippen LogP contribution in [-0.4, -0.2) is 69.8 Å². The Kier molecular flexibility index (Phi) is 16.2. The van der Waals surface area contributed by atoms with Gasteiger partial charge in [0.15, 0.2) is 0 Å². The summed E-state index contributed by atoms with van der Waals surface area (Å²) in [7, 11) is 0. The molecule has 4 aliphatic carbocycles. The molecule has 2 aromatic heterocycles. The molecule has 4 unspecified atom stereocenters. The SMILES string of the molecule is N[C@@H]1CCC[C@@H](NC(=O)C2CCCC(NC(=O)c3ccc(-c4cccc(F)c4)nc3)C2)C1.N[C@H]1CCC[C@@H](NC(=O)C2CCCC(NC(=O)c3ccc(-c4cccc(F)c4)nc3)C2)C1. The van der Waals surface area contributed by atoms with E-state index < -0.39 is 0 Å². The maximum atomic E-state index is 13.4. The molecule has 8 N–H and O–H groups in total. The molecule has 0 radical (unpaired) electrons. The van der Waals surface area contributed by atoms with Gasteiger partial charge < -0.3 is 32.7 Å². The van der Waals surface area contributed by atoms with Crippen molar-refractivity contribution >= 4 is 23.6 Å². The van der Waals surface area contributed by atoms with Crippen molar-refractivity contribution in [3.05, 3.63) is 108 Å². The summed E-state index contributed by atoms with van der Waals surface area (Å²) in [5.74, 6) is -1.04. The second kappa shape index (κ2) is 22.3. The Morgan fingerprint density at radius 2 is 0.875 bits per heavy atom. The zero-order chi connectivity index (χ0) is 45.0. The average Bonchev–Trinajstić information content (AvgIpc) is 3.29. The minimum atomic E-state index is -0.326. The molecule has 4 aliphatic rings. The lowest BCUT2D eigenvalue weighted by molar-refractivity contribution is -0.128. The molecule has 8 rings (SSSR count). The van der Waals surface area contributed by atoms with E-state index in [-0.39, 0.29) is 83.4 Å². The van der Waals surface area contributed by atoms with E-state index in [2.05, 4.69) is 31.2 Å². The van der Waals surface area contributed by atoms with E-state index in [1.54, 1.807) is 48.5 Å². The zero-order valence-corrected chi connectivity index (χ0v) is 36.5. The van der Waals surface area contributed by atoms with E-state index in [1.807, 2.05) is 0 Å². The first kappa shape index (κ1) is 46.4. The maximum Gasteiger partial charge on any atom is 0.253 e. The smallest absolute Gasteiger partial charge is 0.253 e. The number of amides is 4. The van der Waals surface area contributed by atoms with Gasteiger partial charge in [-0.2, -0.15) is 0 Å². The summed E-state index contributed by atoms with van der Waals surface area (Å²) in [4.78, 5) is 59.6. The Morgan fingerprint density at radius 3 is 1.23 bits per heavy atom. The molecule has 12 nitrogen and oxygen atoms in total. The van der Waals surface area contributed by atoms with E-state index in [0.717, 1.165) is 89.9 Å². The van der Waals surface area contributed by atoms with Gasteiger partial charge in [-0.15, -0.1) is 0 Å². The van der Waals surface area contributed by atoms with Gasteiger partial charge in [-0.05, 0) is 138 Å². The molecule has 4 amide bonds. The van der Waals surface area contributed by atoms with Crippen molar-refractivity contribution in [3.63, 3.8) is 0 Å². The first-order valence-corrected chi connectivity index (χ1v) is 23.1. The Balaban J connectivity index is 0.000000191. The number of nitrogens with zero attached hydrogens (tertiary/aromatic N) is 2. The van der Waals surface area contributed by atoms with E-state index in [0.29, 0.717) is 46.5 Å². The fraction of sp³-hybridized carbons (Fsp3) is 0.480. The second-order valence-corrected chi connectivity index (χ2v) is 18.2. The summed E-state index contributed by atoms with van der Waals surface area (Å²) in [5.41, 5.74) is 15.5. The molecule has 4 saturated carbocycles. The van der Waals surface area contributed by atoms with Gasteiger partial charge in [-0.1, -0.05) is 37.1 Å². The van der Waals surface area contributed by atoms with Gasteiger partial charge in [0.2, 0.25) is 11.8 Å². The molecule has 64 heavy (non-hydrogen) atoms. The molecule has 14 heteroatoms. The highest BCUT2D eigenvalue weighted by Crippen LogP contribution is 2.28. The third kappa shape index (κ3) is 13.2. The van der Waals surface area contributed by atoms with Crippen LogP contribution in [0.15, 0.2) is 85.2 Å². The molecule has 0 spiro atoms. The van der Waals surface area contributed by atoms with Crippen LogP contribution in [-0.2, 0) is 9.59 Å². The van der Waals surface area contributed by atoms with Gasteiger partial charge >= 0.3 is 0 Å². The van der Waals surface area contributed by atoms with Gasteiger partial charge in [-0.25, -0.2) is 8.78 Å². The predicted octanol–water partition coefficient (Wildman–Crippen LogP) is 7.12. The first-order chi connectivity index (χ1) is 30.9. The minimum absolute atomic E-state index is 0.0384. The van der Waals surface area contributed by atoms with Crippen LogP contribution in [0, 0.1) is 23.5 Å². The van der Waals surface area contributed by atoms with Crippen molar-refractivity contribution in [1.29, 1.82) is 0 Å². The number of rotatable bonds is 10. The number of nitrogens with one attached hydrogen (secondary N) is 4. The van der Waals surface area contributed by atoms with Crippen molar-refractivity contribution in [2.24, 2.45) is 23.3 Å². The molecule has 0 aliphatic heterocycles. The van der Waals surface area contributed by atoms with Gasteiger partial charge in [0.05, 0.1) is 22.5 Å². The molecule has 0 saturated heterocycles. The lowest BCUT2D eigenvalue weighted by atomic mass is 9.84. The number of hydrogen-bond donors (Lipinski definition) is 6. The molecule has 4 aromatic rings. The van der Waals surface area contributed by atoms with Crippen molar-refractivity contribution in [3.8, 4) is 22.5 Å². The predicted molar refractivity (Wildman–Crippen MR) is 242 cm³/mol. The number of nitrogens with two attached hydrogens (primary N) is 2. The lowest BCUT2D eigenvalue weighted by Gasteiger charge is -2.32. The summed E-state index contributed by atoms with van der Waals surface area (Å²) in [6.45, 7) is 0. The summed E-state index contributed by atoms with van der Waals surface area (Å²) >= 11 is 0. The number of carbonyl (C=O) groups is 4. The summed E-state index contributed by atoms with van der Waals surface area (Å²) in [5, 5.41) is 12.5. The van der Waals surface area contributed by atoms with Gasteiger partial charge in [0.25, 0.3) is 11.8 Å². The Morgan fingerprint density at radius 1 is 0.484 bits per heavy atom. The van der Waals surface area contributed by atoms with Crippen LogP contribution in [0.3, 0.4) is 0 Å². The zero-order valence-electron chi connectivity index (χ0n) is 36.5. The third-order valence-electron chi connectivity index (χ3n) is 13.2. The van der Waals surface area contributed by atoms with Crippen LogP contribution < -0.4 is 32.7 Å². The van der Waals surface area contributed by atoms with E-state index in [1.165, 1.54) is 36.7 Å². The Labute approximate surface area is 374 Å². The molecule has 340 valence electrons. The standard InChI is InChI=1S/2C25H31FN4O2/c2*26-19-6-1-4-16(12-19)23-11-10-18(15-28-23)25(32)29-21-8-2-5-17(13-21)24(31)30-22-9-3-7-20(27)14-22/h2*1,4,6,10-12,15,17,20-22H,2-3,5,7-9,13-14,27H2,(H,29,32)(H,30,31)/t17?,20-,21?,22+;17?,20-,21?,22-/m01/s1. The van der Waals surface area contributed by atoms with Crippen LogP contribution in [0.2, 0.25) is 0 Å². The second-order valence-electron chi connectivity index (χ2n) is 18.2. The summed E-state index contributed by atoms with van der Waals surface area (Å²) < 4.78 is 26.9. The molecule has 2 aromatic carbocycles. The fourth-order valence-corrected chi connectivity index (χ4v) is 9.70.